The van der Waals surface area contributed by atoms with Crippen LogP contribution in [0.15, 0.2) is 116 Å². The van der Waals surface area contributed by atoms with Crippen LogP contribution in [-0.2, 0) is 5.41 Å². The van der Waals surface area contributed by atoms with Crippen LogP contribution in [0.25, 0.3) is 50.5 Å². The van der Waals surface area contributed by atoms with Crippen molar-refractivity contribution >= 4 is 0 Å². The highest BCUT2D eigenvalue weighted by Gasteiger charge is 2.51. The van der Waals surface area contributed by atoms with Crippen LogP contribution in [0, 0.1) is 33.6 Å². The van der Waals surface area contributed by atoms with E-state index in [0.29, 0.717) is 5.92 Å². The number of aryl methyl sites for hydroxylation is 4. The molecule has 0 bridgehead atoms. The second-order valence-electron chi connectivity index (χ2n) is 13.3. The molecule has 0 radical (unpaired) electrons. The zero-order chi connectivity index (χ0) is 31.3. The second-order valence-corrected chi connectivity index (χ2v) is 13.3. The first-order valence-corrected chi connectivity index (χ1v) is 16.3. The standard InChI is InChI=1S/C43H42N2/c1-7-35-27-43(35,6)39-20-18-34(41-30(4)12-11-13-31(41)5)26-38(39)42-44-22-23-45(42)40-21-19-33(32-14-9-8-10-15-32)25-37(40)36-24-28(2)16-17-29(36)3/h8-26,35H,7,27H2,1-6H3/t35-,43?/m0/s1. The zero-order valence-electron chi connectivity index (χ0n) is 27.4. The third-order valence-electron chi connectivity index (χ3n) is 10.2. The van der Waals surface area contributed by atoms with Gasteiger partial charge in [0.05, 0.1) is 5.69 Å². The summed E-state index contributed by atoms with van der Waals surface area (Å²) in [7, 11) is 0. The Labute approximate surface area is 268 Å². The van der Waals surface area contributed by atoms with Gasteiger partial charge in [0.1, 0.15) is 5.82 Å². The minimum absolute atomic E-state index is 0.160. The summed E-state index contributed by atoms with van der Waals surface area (Å²) < 4.78 is 2.33. The first-order valence-electron chi connectivity index (χ1n) is 16.3. The van der Waals surface area contributed by atoms with Crippen LogP contribution in [0.5, 0.6) is 0 Å². The normalized spacial score (nSPS) is 17.4. The van der Waals surface area contributed by atoms with Gasteiger partial charge in [0, 0.05) is 23.5 Å². The Morgan fingerprint density at radius 1 is 0.689 bits per heavy atom. The molecule has 2 heteroatoms. The molecule has 1 unspecified atom stereocenters. The van der Waals surface area contributed by atoms with Gasteiger partial charge in [-0.2, -0.15) is 0 Å². The van der Waals surface area contributed by atoms with Crippen molar-refractivity contribution in [1.29, 1.82) is 0 Å². The van der Waals surface area contributed by atoms with E-state index in [1.165, 1.54) is 79.6 Å². The molecule has 1 heterocycles. The van der Waals surface area contributed by atoms with E-state index >= 15 is 0 Å². The van der Waals surface area contributed by atoms with Gasteiger partial charge in [-0.3, -0.25) is 4.57 Å². The molecule has 45 heavy (non-hydrogen) atoms. The van der Waals surface area contributed by atoms with Crippen molar-refractivity contribution < 1.29 is 0 Å². The third-order valence-corrected chi connectivity index (χ3v) is 10.2. The molecular formula is C43H42N2. The van der Waals surface area contributed by atoms with Gasteiger partial charge in [-0.05, 0) is 114 Å². The lowest BCUT2D eigenvalue weighted by Gasteiger charge is -2.22. The van der Waals surface area contributed by atoms with E-state index in [-0.39, 0.29) is 5.41 Å². The summed E-state index contributed by atoms with van der Waals surface area (Å²) in [4.78, 5) is 5.11. The van der Waals surface area contributed by atoms with Crippen LogP contribution in [0.3, 0.4) is 0 Å². The van der Waals surface area contributed by atoms with Crippen LogP contribution < -0.4 is 0 Å². The van der Waals surface area contributed by atoms with Crippen LogP contribution in [0.4, 0.5) is 0 Å². The van der Waals surface area contributed by atoms with E-state index in [0.717, 1.165) is 11.5 Å². The smallest absolute Gasteiger partial charge is 0.144 e. The first kappa shape index (κ1) is 29.0. The fourth-order valence-corrected chi connectivity index (χ4v) is 7.53. The summed E-state index contributed by atoms with van der Waals surface area (Å²) in [5.41, 5.74) is 16.6. The number of rotatable bonds is 7. The lowest BCUT2D eigenvalue weighted by atomic mass is 9.86. The molecule has 1 aliphatic rings. The Bertz CT molecular complexity index is 2010. The lowest BCUT2D eigenvalue weighted by Crippen LogP contribution is -2.09. The number of hydrogen-bond donors (Lipinski definition) is 0. The maximum absolute atomic E-state index is 5.11. The molecule has 7 rings (SSSR count). The van der Waals surface area contributed by atoms with Crippen molar-refractivity contribution in [1.82, 2.24) is 9.55 Å². The van der Waals surface area contributed by atoms with E-state index in [1.54, 1.807) is 0 Å². The predicted octanol–water partition coefficient (Wildman–Crippen LogP) is 11.5. The molecular weight excluding hydrogens is 544 g/mol. The molecule has 0 saturated heterocycles. The van der Waals surface area contributed by atoms with Gasteiger partial charge < -0.3 is 0 Å². The second kappa shape index (κ2) is 11.3. The average Bonchev–Trinajstić information content (AvgIpc) is 3.49. The molecule has 2 nitrogen and oxygen atoms in total. The number of imidazole rings is 1. The topological polar surface area (TPSA) is 17.8 Å². The van der Waals surface area contributed by atoms with Crippen LogP contribution in [-0.4, -0.2) is 9.55 Å². The zero-order valence-corrected chi connectivity index (χ0v) is 27.4. The minimum Gasteiger partial charge on any atom is -0.299 e. The summed E-state index contributed by atoms with van der Waals surface area (Å²) in [5, 5.41) is 0. The SMILES string of the molecule is CC[C@H]1CC1(C)c1ccc(-c2c(C)cccc2C)cc1-c1nccn1-c1ccc(-c2ccccc2)cc1-c1cc(C)ccc1C. The minimum atomic E-state index is 0.160. The van der Waals surface area contributed by atoms with Gasteiger partial charge in [-0.1, -0.05) is 111 Å². The molecule has 1 saturated carbocycles. The summed E-state index contributed by atoms with van der Waals surface area (Å²) >= 11 is 0. The summed E-state index contributed by atoms with van der Waals surface area (Å²) in [6, 6.07) is 38.1. The quantitative estimate of drug-likeness (QED) is 0.182. The van der Waals surface area contributed by atoms with Gasteiger partial charge in [-0.25, -0.2) is 4.98 Å². The van der Waals surface area contributed by atoms with Gasteiger partial charge in [-0.15, -0.1) is 0 Å². The van der Waals surface area contributed by atoms with Gasteiger partial charge in [0.2, 0.25) is 0 Å². The third kappa shape index (κ3) is 5.13. The lowest BCUT2D eigenvalue weighted by molar-refractivity contribution is 0.643. The number of benzene rings is 5. The van der Waals surface area contributed by atoms with E-state index in [1.807, 2.05) is 6.20 Å². The Balaban J connectivity index is 1.47. The fourth-order valence-electron chi connectivity index (χ4n) is 7.53. The van der Waals surface area contributed by atoms with Crippen LogP contribution in [0.2, 0.25) is 0 Å². The van der Waals surface area contributed by atoms with Crippen molar-refractivity contribution in [3.05, 3.63) is 143 Å². The number of aromatic nitrogens is 2. The molecule has 0 aliphatic heterocycles. The molecule has 224 valence electrons. The molecule has 0 N–H and O–H groups in total. The molecule has 6 aromatic rings. The van der Waals surface area contributed by atoms with Crippen molar-refractivity contribution in [2.45, 2.75) is 59.8 Å². The molecule has 1 aromatic heterocycles. The van der Waals surface area contributed by atoms with Crippen LogP contribution >= 0.6 is 0 Å². The average molecular weight is 587 g/mol. The van der Waals surface area contributed by atoms with Crippen molar-refractivity contribution in [2.75, 3.05) is 0 Å². The Morgan fingerprint density at radius 3 is 2.16 bits per heavy atom. The van der Waals surface area contributed by atoms with Crippen molar-refractivity contribution in [3.8, 4) is 50.5 Å². The largest absolute Gasteiger partial charge is 0.299 e. The Hall–Kier alpha value is -4.69. The van der Waals surface area contributed by atoms with Gasteiger partial charge in [0.25, 0.3) is 0 Å². The van der Waals surface area contributed by atoms with Crippen molar-refractivity contribution in [3.63, 3.8) is 0 Å². The van der Waals surface area contributed by atoms with Crippen molar-refractivity contribution in [2.24, 2.45) is 5.92 Å². The fraction of sp³-hybridized carbons (Fsp3) is 0.233. The predicted molar refractivity (Wildman–Crippen MR) is 190 cm³/mol. The number of nitrogens with zero attached hydrogens (tertiary/aromatic N) is 2. The Morgan fingerprint density at radius 2 is 1.42 bits per heavy atom. The Kier molecular flexibility index (Phi) is 7.32. The highest BCUT2D eigenvalue weighted by Crippen LogP contribution is 2.58. The maximum Gasteiger partial charge on any atom is 0.144 e. The van der Waals surface area contributed by atoms with E-state index < -0.39 is 0 Å². The summed E-state index contributed by atoms with van der Waals surface area (Å²) in [6.07, 6.45) is 6.53. The van der Waals surface area contributed by atoms with E-state index in [9.17, 15) is 0 Å². The van der Waals surface area contributed by atoms with E-state index in [4.69, 9.17) is 4.98 Å². The molecule has 0 spiro atoms. The summed E-state index contributed by atoms with van der Waals surface area (Å²) in [5.74, 6) is 1.70. The molecule has 5 aromatic carbocycles. The molecule has 2 atom stereocenters. The first-order chi connectivity index (χ1) is 21.8. The maximum atomic E-state index is 5.11. The highest BCUT2D eigenvalue weighted by molar-refractivity contribution is 5.84. The molecule has 1 fully saturated rings. The van der Waals surface area contributed by atoms with Crippen LogP contribution in [0.1, 0.15) is 54.5 Å². The van der Waals surface area contributed by atoms with Gasteiger partial charge >= 0.3 is 0 Å². The summed E-state index contributed by atoms with van der Waals surface area (Å²) in [6.45, 7) is 13.6. The number of hydrogen-bond acceptors (Lipinski definition) is 1. The monoisotopic (exact) mass is 586 g/mol. The van der Waals surface area contributed by atoms with E-state index in [2.05, 4.69) is 155 Å². The molecule has 1 aliphatic carbocycles. The molecule has 0 amide bonds. The highest BCUT2D eigenvalue weighted by atomic mass is 15.1. The van der Waals surface area contributed by atoms with Gasteiger partial charge in [0.15, 0.2) is 0 Å².